The molecule has 1 fully saturated rings. The van der Waals surface area contributed by atoms with Gasteiger partial charge in [-0.2, -0.15) is 0 Å². The molecule has 120 valence electrons. The third-order valence-electron chi connectivity index (χ3n) is 3.70. The van der Waals surface area contributed by atoms with E-state index in [-0.39, 0.29) is 12.0 Å². The van der Waals surface area contributed by atoms with E-state index in [9.17, 15) is 5.11 Å². The summed E-state index contributed by atoms with van der Waals surface area (Å²) in [6, 6.07) is 0. The van der Waals surface area contributed by atoms with Crippen molar-refractivity contribution in [3.05, 3.63) is 0 Å². The van der Waals surface area contributed by atoms with Crippen LogP contribution in [0.1, 0.15) is 26.7 Å². The fourth-order valence-corrected chi connectivity index (χ4v) is 2.48. The first-order valence-electron chi connectivity index (χ1n) is 8.09. The van der Waals surface area contributed by atoms with Gasteiger partial charge in [0.15, 0.2) is 0 Å². The van der Waals surface area contributed by atoms with E-state index in [2.05, 4.69) is 34.7 Å². The van der Waals surface area contributed by atoms with Crippen molar-refractivity contribution in [2.75, 3.05) is 65.5 Å². The second-order valence-electron chi connectivity index (χ2n) is 6.56. The molecule has 1 saturated heterocycles. The Hall–Kier alpha value is -0.200. The molecule has 0 spiro atoms. The summed E-state index contributed by atoms with van der Waals surface area (Å²) >= 11 is 0. The van der Waals surface area contributed by atoms with Crippen LogP contribution in [0.25, 0.3) is 0 Å². The van der Waals surface area contributed by atoms with Gasteiger partial charge in [-0.3, -0.25) is 0 Å². The van der Waals surface area contributed by atoms with E-state index < -0.39 is 0 Å². The zero-order valence-corrected chi connectivity index (χ0v) is 13.4. The molecule has 5 heteroatoms. The lowest BCUT2D eigenvalue weighted by atomic mass is 9.94. The Bertz CT molecular complexity index is 222. The largest absolute Gasteiger partial charge is 0.396 e. The molecule has 0 aliphatic carbocycles. The van der Waals surface area contributed by atoms with E-state index in [1.54, 1.807) is 0 Å². The van der Waals surface area contributed by atoms with Crippen molar-refractivity contribution in [3.8, 4) is 0 Å². The van der Waals surface area contributed by atoms with Crippen molar-refractivity contribution in [2.24, 2.45) is 5.41 Å². The lowest BCUT2D eigenvalue weighted by molar-refractivity contribution is 0.102. The van der Waals surface area contributed by atoms with E-state index in [1.165, 1.54) is 12.8 Å². The Labute approximate surface area is 124 Å². The monoisotopic (exact) mass is 286 g/mol. The van der Waals surface area contributed by atoms with Crippen molar-refractivity contribution in [1.82, 2.24) is 20.9 Å². The molecule has 0 unspecified atom stereocenters. The second kappa shape index (κ2) is 10.5. The zero-order valence-electron chi connectivity index (χ0n) is 13.4. The highest BCUT2D eigenvalue weighted by Gasteiger charge is 2.20. The Kier molecular flexibility index (Phi) is 9.39. The number of nitrogens with one attached hydrogen (secondary N) is 3. The van der Waals surface area contributed by atoms with Crippen LogP contribution >= 0.6 is 0 Å². The normalized spacial score (nSPS) is 22.4. The van der Waals surface area contributed by atoms with E-state index in [4.69, 9.17) is 0 Å². The topological polar surface area (TPSA) is 59.6 Å². The molecule has 0 bridgehead atoms. The summed E-state index contributed by atoms with van der Waals surface area (Å²) in [6.45, 7) is 14.0. The van der Waals surface area contributed by atoms with Gasteiger partial charge in [-0.05, 0) is 39.0 Å². The highest BCUT2D eigenvalue weighted by atomic mass is 16.3. The summed E-state index contributed by atoms with van der Waals surface area (Å²) in [5, 5.41) is 19.9. The van der Waals surface area contributed by atoms with Gasteiger partial charge in [0, 0.05) is 44.7 Å². The molecule has 4 N–H and O–H groups in total. The lowest BCUT2D eigenvalue weighted by Crippen LogP contribution is -2.42. The fourth-order valence-electron chi connectivity index (χ4n) is 2.48. The Morgan fingerprint density at radius 1 is 0.850 bits per heavy atom. The molecule has 1 aliphatic heterocycles. The molecule has 0 radical (unpaired) electrons. The molecule has 1 aliphatic rings. The first-order chi connectivity index (χ1) is 9.64. The lowest BCUT2D eigenvalue weighted by Gasteiger charge is -2.31. The van der Waals surface area contributed by atoms with E-state index in [0.29, 0.717) is 0 Å². The number of hydrogen-bond donors (Lipinski definition) is 4. The minimum Gasteiger partial charge on any atom is -0.396 e. The van der Waals surface area contributed by atoms with Crippen molar-refractivity contribution in [3.63, 3.8) is 0 Å². The van der Waals surface area contributed by atoms with Gasteiger partial charge < -0.3 is 26.0 Å². The first kappa shape index (κ1) is 17.9. The van der Waals surface area contributed by atoms with Crippen LogP contribution in [0.15, 0.2) is 0 Å². The predicted molar refractivity (Wildman–Crippen MR) is 85.1 cm³/mol. The third-order valence-corrected chi connectivity index (χ3v) is 3.70. The summed E-state index contributed by atoms with van der Waals surface area (Å²) in [5.41, 5.74) is -0.0111. The molecule has 1 rings (SSSR count). The minimum atomic E-state index is -0.0111. The first-order valence-corrected chi connectivity index (χ1v) is 8.09. The Morgan fingerprint density at radius 2 is 1.45 bits per heavy atom. The maximum atomic E-state index is 9.44. The number of rotatable bonds is 3. The zero-order chi connectivity index (χ0) is 14.7. The van der Waals surface area contributed by atoms with Gasteiger partial charge in [0.25, 0.3) is 0 Å². The fraction of sp³-hybridized carbons (Fsp3) is 1.00. The molecule has 0 aromatic heterocycles. The van der Waals surface area contributed by atoms with Gasteiger partial charge in [-0.25, -0.2) is 0 Å². The van der Waals surface area contributed by atoms with Crippen LogP contribution in [0.2, 0.25) is 0 Å². The molecule has 0 aromatic rings. The minimum absolute atomic E-state index is 0.0111. The predicted octanol–water partition coefficient (Wildman–Crippen LogP) is -0.130. The van der Waals surface area contributed by atoms with Gasteiger partial charge in [-0.1, -0.05) is 13.8 Å². The van der Waals surface area contributed by atoms with Crippen LogP contribution < -0.4 is 16.0 Å². The van der Waals surface area contributed by atoms with Crippen LogP contribution in [0.5, 0.6) is 0 Å². The summed E-state index contributed by atoms with van der Waals surface area (Å²) in [7, 11) is 0. The molecule has 0 amide bonds. The number of nitrogens with zero attached hydrogens (tertiary/aromatic N) is 1. The molecular weight excluding hydrogens is 252 g/mol. The summed E-state index contributed by atoms with van der Waals surface area (Å²) in [5.74, 6) is 0. The average Bonchev–Trinajstić information content (AvgIpc) is 2.43. The molecular formula is C15H34N4O. The number of aliphatic hydroxyl groups is 1. The van der Waals surface area contributed by atoms with E-state index in [1.807, 2.05) is 0 Å². The highest BCUT2D eigenvalue weighted by Crippen LogP contribution is 2.15. The van der Waals surface area contributed by atoms with Gasteiger partial charge in [-0.15, -0.1) is 0 Å². The molecule has 5 nitrogen and oxygen atoms in total. The van der Waals surface area contributed by atoms with Crippen molar-refractivity contribution >= 4 is 0 Å². The molecule has 0 aromatic carbocycles. The highest BCUT2D eigenvalue weighted by molar-refractivity contribution is 4.74. The van der Waals surface area contributed by atoms with Crippen LogP contribution in [0.4, 0.5) is 0 Å². The standard InChI is InChI=1S/C15H34N4O/c1-15(2,14-20)13-19-11-4-7-17-9-8-16-5-3-6-18-10-12-19/h16-18,20H,3-14H2,1-2H3. The molecule has 0 atom stereocenters. The van der Waals surface area contributed by atoms with E-state index in [0.717, 1.165) is 58.9 Å². The van der Waals surface area contributed by atoms with Gasteiger partial charge in [0.2, 0.25) is 0 Å². The van der Waals surface area contributed by atoms with Crippen LogP contribution in [0.3, 0.4) is 0 Å². The maximum Gasteiger partial charge on any atom is 0.0494 e. The van der Waals surface area contributed by atoms with Crippen molar-refractivity contribution in [2.45, 2.75) is 26.7 Å². The van der Waals surface area contributed by atoms with Crippen molar-refractivity contribution in [1.29, 1.82) is 0 Å². The van der Waals surface area contributed by atoms with Crippen LogP contribution in [0, 0.1) is 5.41 Å². The summed E-state index contributed by atoms with van der Waals surface area (Å²) in [4.78, 5) is 2.48. The summed E-state index contributed by atoms with van der Waals surface area (Å²) < 4.78 is 0. The van der Waals surface area contributed by atoms with Crippen LogP contribution in [-0.4, -0.2) is 75.5 Å². The SMILES string of the molecule is CC(C)(CO)CN1CCCNCCNCCCNCC1. The van der Waals surface area contributed by atoms with Crippen LogP contribution in [-0.2, 0) is 0 Å². The maximum absolute atomic E-state index is 9.44. The second-order valence-corrected chi connectivity index (χ2v) is 6.56. The molecule has 1 heterocycles. The Morgan fingerprint density at radius 3 is 2.10 bits per heavy atom. The van der Waals surface area contributed by atoms with Gasteiger partial charge in [0.05, 0.1) is 0 Å². The van der Waals surface area contributed by atoms with Gasteiger partial charge in [0.1, 0.15) is 0 Å². The van der Waals surface area contributed by atoms with E-state index >= 15 is 0 Å². The average molecular weight is 286 g/mol. The molecule has 0 saturated carbocycles. The Balaban J connectivity index is 2.36. The number of aliphatic hydroxyl groups excluding tert-OH is 1. The third kappa shape index (κ3) is 8.87. The molecule has 20 heavy (non-hydrogen) atoms. The summed E-state index contributed by atoms with van der Waals surface area (Å²) in [6.07, 6.45) is 2.35. The smallest absolute Gasteiger partial charge is 0.0494 e. The van der Waals surface area contributed by atoms with Gasteiger partial charge >= 0.3 is 0 Å². The quantitative estimate of drug-likeness (QED) is 0.582. The van der Waals surface area contributed by atoms with Crippen molar-refractivity contribution < 1.29 is 5.11 Å². The number of hydrogen-bond acceptors (Lipinski definition) is 5.